The average Bonchev–Trinajstić information content (AvgIpc) is 2.79. The van der Waals surface area contributed by atoms with Crippen molar-refractivity contribution in [2.24, 2.45) is 7.05 Å². The van der Waals surface area contributed by atoms with Crippen molar-refractivity contribution in [1.82, 2.24) is 15.1 Å². The second kappa shape index (κ2) is 6.22. The summed E-state index contributed by atoms with van der Waals surface area (Å²) in [4.78, 5) is 12.2. The molecule has 0 unspecified atom stereocenters. The maximum absolute atomic E-state index is 12.2. The monoisotopic (exact) mass is 335 g/mol. The summed E-state index contributed by atoms with van der Waals surface area (Å²) in [5.41, 5.74) is 3.79. The molecule has 0 fully saturated rings. The van der Waals surface area contributed by atoms with Crippen molar-refractivity contribution in [2.75, 3.05) is 0 Å². The van der Waals surface area contributed by atoms with Gasteiger partial charge in [0.2, 0.25) is 0 Å². The lowest BCUT2D eigenvalue weighted by atomic mass is 10.1. The van der Waals surface area contributed by atoms with E-state index in [9.17, 15) is 4.79 Å². The molecule has 0 spiro atoms. The number of carbonyl (C=O) groups is 1. The van der Waals surface area contributed by atoms with Crippen LogP contribution in [0.25, 0.3) is 0 Å². The molecule has 1 N–H and O–H groups in total. The molecule has 0 aliphatic heterocycles. The maximum Gasteiger partial charge on any atom is 0.252 e. The molecule has 1 aromatic heterocycles. The summed E-state index contributed by atoms with van der Waals surface area (Å²) >= 11 is 3.46. The number of hydrogen-bond donors (Lipinski definition) is 1. The summed E-state index contributed by atoms with van der Waals surface area (Å²) in [6.07, 6.45) is 2.81. The van der Waals surface area contributed by atoms with Gasteiger partial charge in [-0.3, -0.25) is 9.48 Å². The van der Waals surface area contributed by atoms with Crippen molar-refractivity contribution in [3.05, 3.63) is 51.3 Å². The second-order valence-corrected chi connectivity index (χ2v) is 5.54. The predicted octanol–water partition coefficient (Wildman–Crippen LogP) is 2.98. The summed E-state index contributed by atoms with van der Waals surface area (Å²) in [5.74, 6) is -0.0773. The van der Waals surface area contributed by atoms with E-state index < -0.39 is 0 Å². The standard InChI is InChI=1S/C15H18BrN3O/c1-4-13-11(9-19(3)18-13)8-17-15(20)12-7-5-6-10(2)14(12)16/h5-7,9H,4,8H2,1-3H3,(H,17,20). The summed E-state index contributed by atoms with van der Waals surface area (Å²) in [7, 11) is 1.89. The van der Waals surface area contributed by atoms with Gasteiger partial charge in [0.15, 0.2) is 0 Å². The number of nitrogens with zero attached hydrogens (tertiary/aromatic N) is 2. The van der Waals surface area contributed by atoms with Crippen LogP contribution in [0.2, 0.25) is 0 Å². The minimum absolute atomic E-state index is 0.0773. The Labute approximate surface area is 127 Å². The number of amides is 1. The van der Waals surface area contributed by atoms with E-state index in [0.717, 1.165) is 27.7 Å². The molecular weight excluding hydrogens is 318 g/mol. The van der Waals surface area contributed by atoms with E-state index in [1.807, 2.05) is 38.4 Å². The quantitative estimate of drug-likeness (QED) is 0.933. The fourth-order valence-electron chi connectivity index (χ4n) is 2.12. The highest BCUT2D eigenvalue weighted by molar-refractivity contribution is 9.10. The van der Waals surface area contributed by atoms with Gasteiger partial charge in [-0.2, -0.15) is 5.10 Å². The molecule has 0 saturated carbocycles. The zero-order chi connectivity index (χ0) is 14.7. The smallest absolute Gasteiger partial charge is 0.252 e. The topological polar surface area (TPSA) is 46.9 Å². The van der Waals surface area contributed by atoms with Crippen molar-refractivity contribution in [1.29, 1.82) is 0 Å². The largest absolute Gasteiger partial charge is 0.348 e. The minimum atomic E-state index is -0.0773. The molecule has 1 amide bonds. The molecular formula is C15H18BrN3O. The fourth-order valence-corrected chi connectivity index (χ4v) is 2.57. The highest BCUT2D eigenvalue weighted by Gasteiger charge is 2.12. The van der Waals surface area contributed by atoms with Gasteiger partial charge < -0.3 is 5.32 Å². The number of halogens is 1. The zero-order valence-corrected chi connectivity index (χ0v) is 13.5. The van der Waals surface area contributed by atoms with Crippen molar-refractivity contribution >= 4 is 21.8 Å². The SMILES string of the molecule is CCc1nn(C)cc1CNC(=O)c1cccc(C)c1Br. The van der Waals surface area contributed by atoms with Crippen molar-refractivity contribution < 1.29 is 4.79 Å². The number of hydrogen-bond acceptors (Lipinski definition) is 2. The number of aryl methyl sites for hydroxylation is 3. The van der Waals surface area contributed by atoms with Gasteiger partial charge >= 0.3 is 0 Å². The number of benzene rings is 1. The fraction of sp³-hybridized carbons (Fsp3) is 0.333. The van der Waals surface area contributed by atoms with Crippen LogP contribution in [0.15, 0.2) is 28.9 Å². The maximum atomic E-state index is 12.2. The lowest BCUT2D eigenvalue weighted by Crippen LogP contribution is -2.23. The Morgan fingerprint density at radius 3 is 2.90 bits per heavy atom. The molecule has 0 radical (unpaired) electrons. The Morgan fingerprint density at radius 1 is 1.45 bits per heavy atom. The van der Waals surface area contributed by atoms with Crippen LogP contribution in [0.4, 0.5) is 0 Å². The van der Waals surface area contributed by atoms with Crippen LogP contribution >= 0.6 is 15.9 Å². The third kappa shape index (κ3) is 3.10. The third-order valence-electron chi connectivity index (χ3n) is 3.20. The van der Waals surface area contributed by atoms with Crippen molar-refractivity contribution in [3.8, 4) is 0 Å². The van der Waals surface area contributed by atoms with E-state index in [4.69, 9.17) is 0 Å². The molecule has 4 nitrogen and oxygen atoms in total. The summed E-state index contributed by atoms with van der Waals surface area (Å²) < 4.78 is 2.63. The van der Waals surface area contributed by atoms with Crippen LogP contribution in [0.3, 0.4) is 0 Å². The van der Waals surface area contributed by atoms with Gasteiger partial charge in [0.25, 0.3) is 5.91 Å². The van der Waals surface area contributed by atoms with Crippen molar-refractivity contribution in [3.63, 3.8) is 0 Å². The lowest BCUT2D eigenvalue weighted by Gasteiger charge is -2.08. The van der Waals surface area contributed by atoms with E-state index in [1.165, 1.54) is 0 Å². The predicted molar refractivity (Wildman–Crippen MR) is 82.6 cm³/mol. The van der Waals surface area contributed by atoms with E-state index in [2.05, 4.69) is 33.3 Å². The minimum Gasteiger partial charge on any atom is -0.348 e. The first-order chi connectivity index (χ1) is 9.52. The lowest BCUT2D eigenvalue weighted by molar-refractivity contribution is 0.0950. The van der Waals surface area contributed by atoms with Gasteiger partial charge in [-0.25, -0.2) is 0 Å². The molecule has 0 aliphatic rings. The molecule has 2 rings (SSSR count). The van der Waals surface area contributed by atoms with Gasteiger partial charge in [-0.1, -0.05) is 19.1 Å². The van der Waals surface area contributed by atoms with Gasteiger partial charge in [0, 0.05) is 29.8 Å². The highest BCUT2D eigenvalue weighted by Crippen LogP contribution is 2.21. The first kappa shape index (κ1) is 14.8. The number of nitrogens with one attached hydrogen (secondary N) is 1. The number of aromatic nitrogens is 2. The molecule has 106 valence electrons. The molecule has 0 atom stereocenters. The van der Waals surface area contributed by atoms with Crippen molar-refractivity contribution in [2.45, 2.75) is 26.8 Å². The van der Waals surface area contributed by atoms with E-state index in [1.54, 1.807) is 4.68 Å². The Bertz CT molecular complexity index is 634. The molecule has 0 saturated heterocycles. The van der Waals surface area contributed by atoms with Crippen LogP contribution in [-0.4, -0.2) is 15.7 Å². The van der Waals surface area contributed by atoms with Crippen LogP contribution in [0, 0.1) is 6.92 Å². The first-order valence-electron chi connectivity index (χ1n) is 6.57. The van der Waals surface area contributed by atoms with E-state index in [-0.39, 0.29) is 5.91 Å². The number of rotatable bonds is 4. The molecule has 2 aromatic rings. The van der Waals surface area contributed by atoms with Gasteiger partial charge in [-0.15, -0.1) is 0 Å². The van der Waals surface area contributed by atoms with Crippen LogP contribution < -0.4 is 5.32 Å². The summed E-state index contributed by atoms with van der Waals surface area (Å²) in [5, 5.41) is 7.32. The Balaban J connectivity index is 2.10. The van der Waals surface area contributed by atoms with E-state index in [0.29, 0.717) is 12.1 Å². The summed E-state index contributed by atoms with van der Waals surface area (Å²) in [6, 6.07) is 5.67. The Kier molecular flexibility index (Phi) is 4.60. The first-order valence-corrected chi connectivity index (χ1v) is 7.37. The zero-order valence-electron chi connectivity index (χ0n) is 11.9. The normalized spacial score (nSPS) is 10.6. The van der Waals surface area contributed by atoms with E-state index >= 15 is 0 Å². The van der Waals surface area contributed by atoms with Crippen LogP contribution in [0.5, 0.6) is 0 Å². The van der Waals surface area contributed by atoms with Gasteiger partial charge in [0.1, 0.15) is 0 Å². The Morgan fingerprint density at radius 2 is 2.20 bits per heavy atom. The third-order valence-corrected chi connectivity index (χ3v) is 4.26. The van der Waals surface area contributed by atoms with Crippen LogP contribution in [0.1, 0.15) is 34.1 Å². The molecule has 0 bridgehead atoms. The Hall–Kier alpha value is -1.62. The second-order valence-electron chi connectivity index (χ2n) is 4.75. The van der Waals surface area contributed by atoms with Crippen LogP contribution in [-0.2, 0) is 20.0 Å². The number of carbonyl (C=O) groups excluding carboxylic acids is 1. The molecule has 0 aliphatic carbocycles. The average molecular weight is 336 g/mol. The van der Waals surface area contributed by atoms with Gasteiger partial charge in [-0.05, 0) is 40.9 Å². The molecule has 1 heterocycles. The summed E-state index contributed by atoms with van der Waals surface area (Å²) in [6.45, 7) is 4.53. The molecule has 20 heavy (non-hydrogen) atoms. The van der Waals surface area contributed by atoms with Gasteiger partial charge in [0.05, 0.1) is 11.3 Å². The molecule has 1 aromatic carbocycles. The molecule has 5 heteroatoms. The highest BCUT2D eigenvalue weighted by atomic mass is 79.9.